The summed E-state index contributed by atoms with van der Waals surface area (Å²) in [6.07, 6.45) is 3.04. The first kappa shape index (κ1) is 28.3. The van der Waals surface area contributed by atoms with Crippen molar-refractivity contribution in [2.45, 2.75) is 6.54 Å². The van der Waals surface area contributed by atoms with Gasteiger partial charge in [-0.15, -0.1) is 0 Å². The first-order chi connectivity index (χ1) is 18.8. The van der Waals surface area contributed by atoms with E-state index in [0.29, 0.717) is 22.2 Å². The maximum Gasteiger partial charge on any atom is 0.267 e. The number of benzene rings is 2. The van der Waals surface area contributed by atoms with Gasteiger partial charge in [0.1, 0.15) is 28.9 Å². The van der Waals surface area contributed by atoms with E-state index in [2.05, 4.69) is 27.5 Å². The second-order valence-corrected chi connectivity index (χ2v) is 9.85. The number of hydrogen-bond donors (Lipinski definition) is 2. The predicted octanol–water partition coefficient (Wildman–Crippen LogP) is 5.48. The highest BCUT2D eigenvalue weighted by Gasteiger charge is 2.18. The molecule has 1 aromatic heterocycles. The molecule has 1 aliphatic heterocycles. The van der Waals surface area contributed by atoms with Gasteiger partial charge in [-0.3, -0.25) is 9.69 Å². The smallest absolute Gasteiger partial charge is 0.267 e. The molecule has 2 aromatic carbocycles. The molecule has 0 unspecified atom stereocenters. The fraction of sp³-hybridized carbons (Fsp3) is 0.286. The van der Waals surface area contributed by atoms with Crippen molar-refractivity contribution in [3.8, 4) is 28.7 Å². The molecule has 9 nitrogen and oxygen atoms in total. The Balaban J connectivity index is 1.48. The molecule has 0 atom stereocenters. The normalized spacial score (nSPS) is 14.5. The summed E-state index contributed by atoms with van der Waals surface area (Å²) in [6.45, 7) is 4.79. The second kappa shape index (κ2) is 12.9. The van der Waals surface area contributed by atoms with Gasteiger partial charge >= 0.3 is 0 Å². The van der Waals surface area contributed by atoms with Crippen molar-refractivity contribution in [2.75, 3.05) is 58.1 Å². The molecule has 204 valence electrons. The molecule has 39 heavy (non-hydrogen) atoms. The second-order valence-electron chi connectivity index (χ2n) is 9.03. The number of rotatable bonds is 9. The van der Waals surface area contributed by atoms with Crippen molar-refractivity contribution >= 4 is 40.5 Å². The largest absolute Gasteiger partial charge is 0.496 e. The maximum absolute atomic E-state index is 12.8. The van der Waals surface area contributed by atoms with E-state index < -0.39 is 5.91 Å². The number of ether oxygens (including phenoxy) is 2. The molecule has 0 spiro atoms. The van der Waals surface area contributed by atoms with E-state index in [1.807, 2.05) is 24.3 Å². The van der Waals surface area contributed by atoms with Gasteiger partial charge in [0, 0.05) is 55.3 Å². The molecule has 2 N–H and O–H groups in total. The molecule has 0 aliphatic carbocycles. The summed E-state index contributed by atoms with van der Waals surface area (Å²) < 4.78 is 16.6. The van der Waals surface area contributed by atoms with Gasteiger partial charge in [0.05, 0.1) is 42.8 Å². The molecule has 1 aliphatic rings. The summed E-state index contributed by atoms with van der Waals surface area (Å²) in [5.41, 5.74) is 2.44. The van der Waals surface area contributed by atoms with Crippen molar-refractivity contribution in [1.29, 1.82) is 5.26 Å². The molecule has 1 fully saturated rings. The van der Waals surface area contributed by atoms with E-state index in [-0.39, 0.29) is 16.3 Å². The highest BCUT2D eigenvalue weighted by molar-refractivity contribution is 6.37. The van der Waals surface area contributed by atoms with Crippen LogP contribution in [0.1, 0.15) is 5.76 Å². The summed E-state index contributed by atoms with van der Waals surface area (Å²) in [4.78, 5) is 17.4. The fourth-order valence-corrected chi connectivity index (χ4v) is 4.64. The number of halogens is 2. The minimum absolute atomic E-state index is 0.157. The van der Waals surface area contributed by atoms with Crippen molar-refractivity contribution in [3.05, 3.63) is 70.2 Å². The van der Waals surface area contributed by atoms with Gasteiger partial charge in [-0.25, -0.2) is 0 Å². The zero-order valence-electron chi connectivity index (χ0n) is 21.9. The van der Waals surface area contributed by atoms with Crippen LogP contribution in [-0.2, 0) is 11.3 Å². The Morgan fingerprint density at radius 1 is 1.08 bits per heavy atom. The van der Waals surface area contributed by atoms with Crippen LogP contribution in [0.5, 0.6) is 11.5 Å². The topological polar surface area (TPSA) is 103 Å². The maximum atomic E-state index is 12.8. The lowest BCUT2D eigenvalue weighted by atomic mass is 10.1. The monoisotopic (exact) mass is 569 g/mol. The lowest BCUT2D eigenvalue weighted by Gasteiger charge is -2.31. The molecule has 1 amide bonds. The van der Waals surface area contributed by atoms with Crippen LogP contribution in [0, 0.1) is 11.3 Å². The molecule has 11 heteroatoms. The van der Waals surface area contributed by atoms with Crippen molar-refractivity contribution < 1.29 is 18.7 Å². The van der Waals surface area contributed by atoms with E-state index in [1.54, 1.807) is 19.4 Å². The summed E-state index contributed by atoms with van der Waals surface area (Å²) in [5.74, 6) is 1.24. The van der Waals surface area contributed by atoms with Crippen LogP contribution in [0.15, 0.2) is 58.9 Å². The zero-order valence-corrected chi connectivity index (χ0v) is 23.4. The van der Waals surface area contributed by atoms with Crippen LogP contribution in [0.25, 0.3) is 11.1 Å². The van der Waals surface area contributed by atoms with E-state index >= 15 is 0 Å². The quantitative estimate of drug-likeness (QED) is 0.258. The fourth-order valence-electron chi connectivity index (χ4n) is 4.13. The van der Waals surface area contributed by atoms with Crippen LogP contribution in [0.4, 0.5) is 11.4 Å². The Kier molecular flexibility index (Phi) is 9.38. The van der Waals surface area contributed by atoms with Crippen molar-refractivity contribution in [1.82, 2.24) is 9.80 Å². The van der Waals surface area contributed by atoms with Crippen LogP contribution in [0.3, 0.4) is 0 Å². The Hall–Kier alpha value is -3.68. The number of carbonyl (C=O) groups is 1. The average Bonchev–Trinajstić information content (AvgIpc) is 3.40. The molecule has 0 saturated carbocycles. The van der Waals surface area contributed by atoms with E-state index in [1.165, 1.54) is 25.4 Å². The van der Waals surface area contributed by atoms with Gasteiger partial charge in [0.2, 0.25) is 0 Å². The number of amides is 1. The van der Waals surface area contributed by atoms with E-state index in [4.69, 9.17) is 37.1 Å². The summed E-state index contributed by atoms with van der Waals surface area (Å²) in [6, 6.07) is 12.3. The third kappa shape index (κ3) is 7.05. The molecule has 4 rings (SSSR count). The van der Waals surface area contributed by atoms with Crippen LogP contribution >= 0.6 is 23.2 Å². The number of nitrogens with one attached hydrogen (secondary N) is 2. The number of hydrogen-bond acceptors (Lipinski definition) is 8. The van der Waals surface area contributed by atoms with E-state index in [9.17, 15) is 10.1 Å². The van der Waals surface area contributed by atoms with Gasteiger partial charge in [-0.1, -0.05) is 23.2 Å². The molecule has 0 bridgehead atoms. The third-order valence-electron chi connectivity index (χ3n) is 6.38. The summed E-state index contributed by atoms with van der Waals surface area (Å²) in [7, 11) is 5.18. The highest BCUT2D eigenvalue weighted by atomic mass is 35.5. The zero-order chi connectivity index (χ0) is 27.9. The lowest BCUT2D eigenvalue weighted by molar-refractivity contribution is -0.112. The van der Waals surface area contributed by atoms with Gasteiger partial charge in [-0.05, 0) is 37.4 Å². The van der Waals surface area contributed by atoms with Crippen LogP contribution < -0.4 is 20.1 Å². The molecule has 1 saturated heterocycles. The highest BCUT2D eigenvalue weighted by Crippen LogP contribution is 2.35. The van der Waals surface area contributed by atoms with Gasteiger partial charge in [-0.2, -0.15) is 5.26 Å². The van der Waals surface area contributed by atoms with Gasteiger partial charge < -0.3 is 29.4 Å². The molecule has 0 radical (unpaired) electrons. The lowest BCUT2D eigenvalue weighted by Crippen LogP contribution is -2.43. The molecule has 3 aromatic rings. The summed E-state index contributed by atoms with van der Waals surface area (Å²) in [5, 5.41) is 15.8. The Labute approximate surface area is 237 Å². The molecule has 2 heterocycles. The SMILES string of the molecule is COc1cc(NC(=O)/C(C#N)=C\Nc2ccc(OC)c(-c3coc(CN4CCN(C)CC4)c3)c2)c(Cl)cc1Cl. The third-order valence-corrected chi connectivity index (χ3v) is 6.99. The Morgan fingerprint density at radius 3 is 2.51 bits per heavy atom. The van der Waals surface area contributed by atoms with Gasteiger partial charge in [0.15, 0.2) is 0 Å². The first-order valence-corrected chi connectivity index (χ1v) is 12.9. The molecular formula is C28H29Cl2N5O4. The van der Waals surface area contributed by atoms with Crippen molar-refractivity contribution in [3.63, 3.8) is 0 Å². The van der Waals surface area contributed by atoms with Crippen molar-refractivity contribution in [2.24, 2.45) is 0 Å². The number of anilines is 2. The number of likely N-dealkylation sites (N-methyl/N-ethyl adjacent to an activating group) is 1. The Bertz CT molecular complexity index is 1410. The number of furan rings is 1. The first-order valence-electron chi connectivity index (χ1n) is 12.2. The number of piperazine rings is 1. The average molecular weight is 570 g/mol. The number of carbonyl (C=O) groups excluding carboxylic acids is 1. The minimum atomic E-state index is -0.645. The van der Waals surface area contributed by atoms with Crippen LogP contribution in [-0.4, -0.2) is 63.2 Å². The predicted molar refractivity (Wildman–Crippen MR) is 152 cm³/mol. The summed E-state index contributed by atoms with van der Waals surface area (Å²) >= 11 is 12.3. The minimum Gasteiger partial charge on any atom is -0.496 e. The van der Waals surface area contributed by atoms with Gasteiger partial charge in [0.25, 0.3) is 5.91 Å². The number of nitriles is 1. The van der Waals surface area contributed by atoms with Crippen LogP contribution in [0.2, 0.25) is 10.0 Å². The molecular weight excluding hydrogens is 541 g/mol. The number of nitrogens with zero attached hydrogens (tertiary/aromatic N) is 3. The standard InChI is InChI=1S/C28H29Cl2N5O4/c1-34-6-8-35(9-7-34)16-21-10-18(17-39-21)22-11-20(4-5-26(22)37-2)32-15-19(14-31)28(36)33-25-13-27(38-3)24(30)12-23(25)29/h4-5,10-13,15,17,32H,6-9,16H2,1-3H3,(H,33,36)/b19-15-. The Morgan fingerprint density at radius 2 is 1.82 bits per heavy atom. The number of methoxy groups -OCH3 is 2. The van der Waals surface area contributed by atoms with E-state index in [0.717, 1.165) is 49.6 Å².